The second kappa shape index (κ2) is 11.1. The minimum atomic E-state index is -0.589. The van der Waals surface area contributed by atoms with E-state index < -0.39 is 12.2 Å². The van der Waals surface area contributed by atoms with E-state index in [1.54, 1.807) is 31.2 Å². The van der Waals surface area contributed by atoms with Crippen LogP contribution < -0.4 is 15.4 Å². The topological polar surface area (TPSA) is 79.8 Å². The highest BCUT2D eigenvalue weighted by molar-refractivity contribution is 5.85. The zero-order valence-electron chi connectivity index (χ0n) is 13.2. The van der Waals surface area contributed by atoms with Gasteiger partial charge in [0.15, 0.2) is 0 Å². The summed E-state index contributed by atoms with van der Waals surface area (Å²) in [5, 5.41) is 15.5. The Kier molecular flexibility index (Phi) is 10.4. The van der Waals surface area contributed by atoms with E-state index in [4.69, 9.17) is 9.47 Å². The number of carbonyl (C=O) groups is 1. The van der Waals surface area contributed by atoms with Crippen LogP contribution in [0, 0.1) is 0 Å². The molecule has 1 unspecified atom stereocenters. The summed E-state index contributed by atoms with van der Waals surface area (Å²) in [4.78, 5) is 11.3. The van der Waals surface area contributed by atoms with Crippen molar-refractivity contribution < 1.29 is 19.4 Å². The van der Waals surface area contributed by atoms with Gasteiger partial charge in [-0.05, 0) is 19.1 Å². The van der Waals surface area contributed by atoms with E-state index in [1.807, 2.05) is 13.8 Å². The minimum Gasteiger partial charge on any atom is -0.491 e. The van der Waals surface area contributed by atoms with Crippen LogP contribution in [0.25, 0.3) is 0 Å². The molecule has 0 aromatic heterocycles. The fraction of sp³-hybridized carbons (Fsp3) is 0.533. The van der Waals surface area contributed by atoms with Crippen LogP contribution in [0.3, 0.4) is 0 Å². The van der Waals surface area contributed by atoms with Crippen molar-refractivity contribution in [2.75, 3.05) is 25.1 Å². The lowest BCUT2D eigenvalue weighted by molar-refractivity contribution is 0.104. The average Bonchev–Trinajstić information content (AvgIpc) is 2.43. The third-order valence-electron chi connectivity index (χ3n) is 2.56. The summed E-state index contributed by atoms with van der Waals surface area (Å²) in [6.45, 7) is 6.74. The largest absolute Gasteiger partial charge is 0.491 e. The van der Waals surface area contributed by atoms with Gasteiger partial charge in [0, 0.05) is 24.3 Å². The second-order valence-electron chi connectivity index (χ2n) is 4.90. The molecule has 0 saturated carbocycles. The molecule has 22 heavy (non-hydrogen) atoms. The molecule has 7 heteroatoms. The molecule has 0 bridgehead atoms. The summed E-state index contributed by atoms with van der Waals surface area (Å²) in [5.74, 6) is 0.577. The van der Waals surface area contributed by atoms with Gasteiger partial charge in [0.1, 0.15) is 18.5 Å². The monoisotopic (exact) mass is 332 g/mol. The molecule has 126 valence electrons. The molecule has 0 aliphatic heterocycles. The van der Waals surface area contributed by atoms with Gasteiger partial charge in [0.25, 0.3) is 0 Å². The Morgan fingerprint density at radius 1 is 1.36 bits per heavy atom. The quantitative estimate of drug-likeness (QED) is 0.681. The number of halogens is 1. The van der Waals surface area contributed by atoms with E-state index in [2.05, 4.69) is 10.6 Å². The Morgan fingerprint density at radius 3 is 2.73 bits per heavy atom. The highest BCUT2D eigenvalue weighted by atomic mass is 35.5. The molecule has 6 nitrogen and oxygen atoms in total. The number of hydrogen-bond donors (Lipinski definition) is 3. The van der Waals surface area contributed by atoms with Crippen molar-refractivity contribution in [2.24, 2.45) is 0 Å². The van der Waals surface area contributed by atoms with E-state index in [0.29, 0.717) is 30.6 Å². The van der Waals surface area contributed by atoms with Gasteiger partial charge in [-0.15, -0.1) is 12.4 Å². The van der Waals surface area contributed by atoms with Gasteiger partial charge < -0.3 is 19.9 Å². The molecule has 1 amide bonds. The Balaban J connectivity index is 0.00000441. The number of ether oxygens (including phenoxy) is 2. The summed E-state index contributed by atoms with van der Waals surface area (Å²) < 4.78 is 10.3. The molecule has 0 radical (unpaired) electrons. The van der Waals surface area contributed by atoms with Crippen molar-refractivity contribution in [1.82, 2.24) is 5.32 Å². The zero-order valence-corrected chi connectivity index (χ0v) is 14.0. The van der Waals surface area contributed by atoms with Crippen molar-refractivity contribution in [1.29, 1.82) is 0 Å². The van der Waals surface area contributed by atoms with Gasteiger partial charge in [0.2, 0.25) is 0 Å². The Morgan fingerprint density at radius 2 is 2.09 bits per heavy atom. The number of amides is 1. The molecule has 1 atom stereocenters. The van der Waals surface area contributed by atoms with Gasteiger partial charge in [-0.25, -0.2) is 4.79 Å². The van der Waals surface area contributed by atoms with Crippen molar-refractivity contribution in [3.05, 3.63) is 24.3 Å². The fourth-order valence-corrected chi connectivity index (χ4v) is 1.57. The van der Waals surface area contributed by atoms with E-state index in [-0.39, 0.29) is 19.0 Å². The maximum atomic E-state index is 11.3. The lowest BCUT2D eigenvalue weighted by Gasteiger charge is -2.15. The van der Waals surface area contributed by atoms with Gasteiger partial charge in [-0.2, -0.15) is 0 Å². The Hall–Kier alpha value is -1.50. The first kappa shape index (κ1) is 20.5. The number of anilines is 1. The van der Waals surface area contributed by atoms with E-state index >= 15 is 0 Å². The highest BCUT2D eigenvalue weighted by Gasteiger charge is 2.07. The predicted octanol–water partition coefficient (Wildman–Crippen LogP) is 2.41. The molecular formula is C15H25ClN2O4. The van der Waals surface area contributed by atoms with Gasteiger partial charge >= 0.3 is 6.09 Å². The zero-order chi connectivity index (χ0) is 15.7. The molecule has 1 aromatic carbocycles. The smallest absolute Gasteiger partial charge is 0.411 e. The van der Waals surface area contributed by atoms with Crippen molar-refractivity contribution in [2.45, 2.75) is 32.9 Å². The van der Waals surface area contributed by atoms with Crippen LogP contribution in [0.2, 0.25) is 0 Å². The highest BCUT2D eigenvalue weighted by Crippen LogP contribution is 2.17. The number of carbonyl (C=O) groups excluding carboxylic acids is 1. The summed E-state index contributed by atoms with van der Waals surface area (Å²) in [5.41, 5.74) is 0.584. The predicted molar refractivity (Wildman–Crippen MR) is 89.0 cm³/mol. The molecule has 0 aliphatic carbocycles. The van der Waals surface area contributed by atoms with Crippen LogP contribution in [-0.2, 0) is 4.74 Å². The van der Waals surface area contributed by atoms with Crippen LogP contribution in [0.4, 0.5) is 10.5 Å². The molecular weight excluding hydrogens is 308 g/mol. The van der Waals surface area contributed by atoms with Crippen molar-refractivity contribution >= 4 is 24.2 Å². The van der Waals surface area contributed by atoms with Crippen molar-refractivity contribution in [3.8, 4) is 5.75 Å². The molecule has 3 N–H and O–H groups in total. The number of aliphatic hydroxyl groups excluding tert-OH is 1. The van der Waals surface area contributed by atoms with Crippen LogP contribution >= 0.6 is 12.4 Å². The first-order valence-electron chi connectivity index (χ1n) is 7.09. The van der Waals surface area contributed by atoms with E-state index in [9.17, 15) is 9.90 Å². The molecule has 0 aliphatic rings. The van der Waals surface area contributed by atoms with Crippen LogP contribution in [0.15, 0.2) is 24.3 Å². The normalized spacial score (nSPS) is 11.5. The number of hydrogen-bond acceptors (Lipinski definition) is 5. The molecule has 0 fully saturated rings. The van der Waals surface area contributed by atoms with Crippen LogP contribution in [0.5, 0.6) is 5.75 Å². The van der Waals surface area contributed by atoms with Gasteiger partial charge in [-0.3, -0.25) is 5.32 Å². The standard InChI is InChI=1S/C15H24N2O4.ClH/c1-4-20-15(19)17-12-6-5-7-14(8-12)21-10-13(18)9-16-11(2)3;/h5-8,11,13,16,18H,4,9-10H2,1-3H3,(H,17,19);1H. The Labute approximate surface area is 137 Å². The SMILES string of the molecule is CCOC(=O)Nc1cccc(OCC(O)CNC(C)C)c1.Cl. The van der Waals surface area contributed by atoms with Crippen LogP contribution in [0.1, 0.15) is 20.8 Å². The molecule has 0 saturated heterocycles. The average molecular weight is 333 g/mol. The van der Waals surface area contributed by atoms with Gasteiger partial charge in [-0.1, -0.05) is 19.9 Å². The molecule has 1 rings (SSSR count). The minimum absolute atomic E-state index is 0. The molecule has 0 spiro atoms. The van der Waals surface area contributed by atoms with E-state index in [0.717, 1.165) is 0 Å². The van der Waals surface area contributed by atoms with Crippen LogP contribution in [-0.4, -0.2) is 43.1 Å². The summed E-state index contributed by atoms with van der Waals surface area (Å²) >= 11 is 0. The lowest BCUT2D eigenvalue weighted by atomic mass is 10.3. The molecule has 0 heterocycles. The Bertz CT molecular complexity index is 443. The van der Waals surface area contributed by atoms with Gasteiger partial charge in [0.05, 0.1) is 6.61 Å². The van der Waals surface area contributed by atoms with Crippen molar-refractivity contribution in [3.63, 3.8) is 0 Å². The molecule has 1 aromatic rings. The summed E-state index contributed by atoms with van der Waals surface area (Å²) in [7, 11) is 0. The third kappa shape index (κ3) is 8.71. The summed E-state index contributed by atoms with van der Waals surface area (Å²) in [6, 6.07) is 7.26. The first-order chi connectivity index (χ1) is 10.0. The second-order valence-corrected chi connectivity index (χ2v) is 4.90. The lowest BCUT2D eigenvalue weighted by Crippen LogP contribution is -2.35. The maximum absolute atomic E-state index is 11.3. The fourth-order valence-electron chi connectivity index (χ4n) is 1.57. The third-order valence-corrected chi connectivity index (χ3v) is 2.56. The maximum Gasteiger partial charge on any atom is 0.411 e. The number of nitrogens with one attached hydrogen (secondary N) is 2. The van der Waals surface area contributed by atoms with E-state index in [1.165, 1.54) is 0 Å². The number of aliphatic hydroxyl groups is 1. The number of benzene rings is 1. The summed E-state index contributed by atoms with van der Waals surface area (Å²) in [6.07, 6.45) is -1.09. The first-order valence-corrected chi connectivity index (χ1v) is 7.09. The number of rotatable bonds is 8.